The number of halogens is 1. The number of aliphatic carboxylic acids is 1. The molecule has 4 nitrogen and oxygen atoms in total. The third kappa shape index (κ3) is 5.05. The lowest BCUT2D eigenvalue weighted by Crippen LogP contribution is -1.98. The number of aromatic hydroxyl groups is 1. The molecule has 0 bridgehead atoms. The van der Waals surface area contributed by atoms with Crippen LogP contribution < -0.4 is 0 Å². The molecule has 0 amide bonds. The molecule has 0 saturated heterocycles. The van der Waals surface area contributed by atoms with Crippen LogP contribution in [0.5, 0.6) is 5.75 Å². The van der Waals surface area contributed by atoms with Crippen LogP contribution in [0.25, 0.3) is 0 Å². The van der Waals surface area contributed by atoms with Crippen LogP contribution in [0.1, 0.15) is 30.9 Å². The molecule has 0 fully saturated rings. The monoisotopic (exact) mass is 362 g/mol. The van der Waals surface area contributed by atoms with E-state index in [0.29, 0.717) is 24.8 Å². The van der Waals surface area contributed by atoms with Crippen LogP contribution in [0.4, 0.5) is 0 Å². The standard InChI is InChI=1S/C13H15IO4/c14-9-6-7-12(16)10(8-9)11(15)4-2-1-3-5-13(17)18/h3,5-8,11,15-16H,1-2,4H2,(H,17,18)/b5-3+/t11-/m1/s1. The fourth-order valence-electron chi connectivity index (χ4n) is 1.56. The van der Waals surface area contributed by atoms with Crippen molar-refractivity contribution in [3.8, 4) is 5.75 Å². The summed E-state index contributed by atoms with van der Waals surface area (Å²) in [6, 6.07) is 5.07. The van der Waals surface area contributed by atoms with Crippen molar-refractivity contribution in [1.82, 2.24) is 0 Å². The number of carboxylic acids is 1. The number of carboxylic acid groups (broad SMARTS) is 1. The average molecular weight is 362 g/mol. The highest BCUT2D eigenvalue weighted by molar-refractivity contribution is 14.1. The first-order valence-electron chi connectivity index (χ1n) is 5.56. The summed E-state index contributed by atoms with van der Waals surface area (Å²) in [7, 11) is 0. The van der Waals surface area contributed by atoms with Crippen LogP contribution in [-0.4, -0.2) is 21.3 Å². The molecule has 0 unspecified atom stereocenters. The second kappa shape index (κ2) is 7.38. The SMILES string of the molecule is O=C(O)/C=C/CCC[C@@H](O)c1cc(I)ccc1O. The maximum absolute atomic E-state index is 10.2. The maximum Gasteiger partial charge on any atom is 0.327 e. The number of phenols is 1. The van der Waals surface area contributed by atoms with Crippen LogP contribution in [0.15, 0.2) is 30.4 Å². The van der Waals surface area contributed by atoms with Crippen molar-refractivity contribution in [2.24, 2.45) is 0 Å². The van der Waals surface area contributed by atoms with E-state index >= 15 is 0 Å². The molecule has 1 atom stereocenters. The largest absolute Gasteiger partial charge is 0.508 e. The summed E-state index contributed by atoms with van der Waals surface area (Å²) in [6.45, 7) is 0. The molecule has 1 aromatic rings. The lowest BCUT2D eigenvalue weighted by atomic mass is 10.0. The maximum atomic E-state index is 10.2. The summed E-state index contributed by atoms with van der Waals surface area (Å²) in [5, 5.41) is 28.0. The highest BCUT2D eigenvalue weighted by Crippen LogP contribution is 2.29. The summed E-state index contributed by atoms with van der Waals surface area (Å²) in [6.07, 6.45) is 3.67. The summed E-state index contributed by atoms with van der Waals surface area (Å²) >= 11 is 2.12. The van der Waals surface area contributed by atoms with E-state index in [1.807, 2.05) is 0 Å². The highest BCUT2D eigenvalue weighted by Gasteiger charge is 2.11. The van der Waals surface area contributed by atoms with Gasteiger partial charge >= 0.3 is 5.97 Å². The number of hydrogen-bond acceptors (Lipinski definition) is 3. The quantitative estimate of drug-likeness (QED) is 0.413. The van der Waals surface area contributed by atoms with Gasteiger partial charge in [-0.3, -0.25) is 0 Å². The number of carbonyl (C=O) groups is 1. The van der Waals surface area contributed by atoms with Gasteiger partial charge in [-0.25, -0.2) is 4.79 Å². The zero-order valence-electron chi connectivity index (χ0n) is 9.71. The molecule has 0 aliphatic carbocycles. The number of hydrogen-bond donors (Lipinski definition) is 3. The Morgan fingerprint density at radius 1 is 1.44 bits per heavy atom. The zero-order valence-corrected chi connectivity index (χ0v) is 11.9. The first-order chi connectivity index (χ1) is 8.50. The topological polar surface area (TPSA) is 77.8 Å². The summed E-state index contributed by atoms with van der Waals surface area (Å²) in [5.74, 6) is -0.880. The van der Waals surface area contributed by atoms with Gasteiger partial charge in [0.1, 0.15) is 5.75 Å². The van der Waals surface area contributed by atoms with Gasteiger partial charge in [0.25, 0.3) is 0 Å². The predicted molar refractivity (Wildman–Crippen MR) is 76.4 cm³/mol. The molecule has 0 aliphatic rings. The number of phenolic OH excluding ortho intramolecular Hbond substituents is 1. The van der Waals surface area contributed by atoms with Gasteiger partial charge in [-0.1, -0.05) is 6.08 Å². The number of unbranched alkanes of at least 4 members (excludes halogenated alkanes) is 1. The smallest absolute Gasteiger partial charge is 0.327 e. The van der Waals surface area contributed by atoms with Crippen LogP contribution >= 0.6 is 22.6 Å². The number of aliphatic hydroxyl groups excluding tert-OH is 1. The van der Waals surface area contributed by atoms with Crippen molar-refractivity contribution in [1.29, 1.82) is 0 Å². The van der Waals surface area contributed by atoms with Gasteiger partial charge < -0.3 is 15.3 Å². The van der Waals surface area contributed by atoms with Crippen molar-refractivity contribution in [3.05, 3.63) is 39.5 Å². The second-order valence-corrected chi connectivity index (χ2v) is 5.14. The van der Waals surface area contributed by atoms with Crippen molar-refractivity contribution in [3.63, 3.8) is 0 Å². The molecule has 18 heavy (non-hydrogen) atoms. The molecule has 5 heteroatoms. The van der Waals surface area contributed by atoms with Crippen LogP contribution in [-0.2, 0) is 4.79 Å². The molecular formula is C13H15IO4. The minimum Gasteiger partial charge on any atom is -0.508 e. The fourth-order valence-corrected chi connectivity index (χ4v) is 2.08. The van der Waals surface area contributed by atoms with Crippen molar-refractivity contribution >= 4 is 28.6 Å². The Labute approximate surface area is 119 Å². The Morgan fingerprint density at radius 2 is 2.17 bits per heavy atom. The fraction of sp³-hybridized carbons (Fsp3) is 0.308. The van der Waals surface area contributed by atoms with Crippen LogP contribution in [0.2, 0.25) is 0 Å². The van der Waals surface area contributed by atoms with Crippen LogP contribution in [0.3, 0.4) is 0 Å². The molecule has 0 aromatic heterocycles. The third-order valence-corrected chi connectivity index (χ3v) is 3.13. The lowest BCUT2D eigenvalue weighted by molar-refractivity contribution is -0.131. The van der Waals surface area contributed by atoms with E-state index in [4.69, 9.17) is 5.11 Å². The summed E-state index contributed by atoms with van der Waals surface area (Å²) < 4.78 is 0.949. The molecule has 98 valence electrons. The molecule has 0 aliphatic heterocycles. The number of aliphatic hydroxyl groups is 1. The average Bonchev–Trinajstić information content (AvgIpc) is 2.31. The minimum absolute atomic E-state index is 0.0870. The van der Waals surface area contributed by atoms with E-state index in [1.54, 1.807) is 24.3 Å². The molecule has 0 radical (unpaired) electrons. The number of rotatable bonds is 6. The van der Waals surface area contributed by atoms with E-state index in [-0.39, 0.29) is 5.75 Å². The summed E-state index contributed by atoms with van der Waals surface area (Å²) in [4.78, 5) is 10.2. The molecule has 1 rings (SSSR count). The Balaban J connectivity index is 2.47. The molecule has 1 aromatic carbocycles. The molecule has 3 N–H and O–H groups in total. The van der Waals surface area contributed by atoms with E-state index in [9.17, 15) is 15.0 Å². The van der Waals surface area contributed by atoms with E-state index in [2.05, 4.69) is 22.6 Å². The first kappa shape index (κ1) is 15.0. The third-order valence-electron chi connectivity index (χ3n) is 2.46. The molecule has 0 spiro atoms. The molecular weight excluding hydrogens is 347 g/mol. The zero-order chi connectivity index (χ0) is 13.5. The van der Waals surface area contributed by atoms with E-state index < -0.39 is 12.1 Å². The Hall–Kier alpha value is -1.08. The van der Waals surface area contributed by atoms with Gasteiger partial charge in [0.15, 0.2) is 0 Å². The van der Waals surface area contributed by atoms with Gasteiger partial charge in [-0.2, -0.15) is 0 Å². The Kier molecular flexibility index (Phi) is 6.14. The second-order valence-electron chi connectivity index (χ2n) is 3.89. The number of allylic oxidation sites excluding steroid dienone is 1. The van der Waals surface area contributed by atoms with E-state index in [1.165, 1.54) is 0 Å². The van der Waals surface area contributed by atoms with E-state index in [0.717, 1.165) is 9.65 Å². The normalized spacial score (nSPS) is 12.8. The van der Waals surface area contributed by atoms with Crippen LogP contribution in [0, 0.1) is 3.57 Å². The highest BCUT2D eigenvalue weighted by atomic mass is 127. The number of benzene rings is 1. The van der Waals surface area contributed by atoms with Gasteiger partial charge in [-0.15, -0.1) is 0 Å². The van der Waals surface area contributed by atoms with Crippen molar-refractivity contribution in [2.75, 3.05) is 0 Å². The molecule has 0 heterocycles. The predicted octanol–water partition coefficient (Wildman–Crippen LogP) is 2.84. The minimum atomic E-state index is -0.967. The Bertz CT molecular complexity index is 443. The van der Waals surface area contributed by atoms with Crippen molar-refractivity contribution < 1.29 is 20.1 Å². The molecule has 0 saturated carbocycles. The lowest BCUT2D eigenvalue weighted by Gasteiger charge is -2.12. The van der Waals surface area contributed by atoms with Gasteiger partial charge in [0, 0.05) is 15.2 Å². The summed E-state index contributed by atoms with van der Waals surface area (Å²) in [5.41, 5.74) is 0.518. The van der Waals surface area contributed by atoms with Gasteiger partial charge in [0.2, 0.25) is 0 Å². The Morgan fingerprint density at radius 3 is 2.83 bits per heavy atom. The van der Waals surface area contributed by atoms with Gasteiger partial charge in [-0.05, 0) is 60.1 Å². The van der Waals surface area contributed by atoms with Crippen molar-refractivity contribution in [2.45, 2.75) is 25.4 Å². The first-order valence-corrected chi connectivity index (χ1v) is 6.64. The van der Waals surface area contributed by atoms with Gasteiger partial charge in [0.05, 0.1) is 6.10 Å².